The molecular formula is C13H16N2O. The highest BCUT2D eigenvalue weighted by atomic mass is 16.2. The van der Waals surface area contributed by atoms with Gasteiger partial charge in [-0.15, -0.1) is 0 Å². The number of amides is 1. The van der Waals surface area contributed by atoms with Crippen molar-refractivity contribution in [2.75, 3.05) is 5.32 Å². The summed E-state index contributed by atoms with van der Waals surface area (Å²) in [5, 5.41) is 2.95. The number of carbonyl (C=O) groups is 1. The maximum Gasteiger partial charge on any atom is 0.231 e. The van der Waals surface area contributed by atoms with E-state index in [9.17, 15) is 4.79 Å². The fourth-order valence-electron chi connectivity index (χ4n) is 3.20. The molecule has 2 aliphatic carbocycles. The molecule has 3 rings (SSSR count). The van der Waals surface area contributed by atoms with Crippen LogP contribution in [-0.4, -0.2) is 10.9 Å². The molecule has 0 spiro atoms. The van der Waals surface area contributed by atoms with Crippen molar-refractivity contribution in [2.24, 2.45) is 11.3 Å². The van der Waals surface area contributed by atoms with Gasteiger partial charge in [-0.1, -0.05) is 6.07 Å². The van der Waals surface area contributed by atoms with Gasteiger partial charge in [0, 0.05) is 11.6 Å². The minimum absolute atomic E-state index is 0.0673. The van der Waals surface area contributed by atoms with E-state index in [-0.39, 0.29) is 11.3 Å². The van der Waals surface area contributed by atoms with Gasteiger partial charge in [0.25, 0.3) is 0 Å². The summed E-state index contributed by atoms with van der Waals surface area (Å²) in [6.45, 7) is 0. The number of hydrogen-bond donors (Lipinski definition) is 1. The van der Waals surface area contributed by atoms with Gasteiger partial charge in [0.2, 0.25) is 5.91 Å². The third-order valence-corrected chi connectivity index (χ3v) is 4.13. The van der Waals surface area contributed by atoms with Crippen molar-refractivity contribution in [2.45, 2.75) is 32.1 Å². The predicted octanol–water partition coefficient (Wildman–Crippen LogP) is 2.60. The van der Waals surface area contributed by atoms with Crippen LogP contribution in [0.15, 0.2) is 24.4 Å². The zero-order valence-corrected chi connectivity index (χ0v) is 9.28. The van der Waals surface area contributed by atoms with Crippen LogP contribution < -0.4 is 5.32 Å². The first-order valence-electron chi connectivity index (χ1n) is 6.01. The summed E-state index contributed by atoms with van der Waals surface area (Å²) in [6, 6.07) is 5.59. The van der Waals surface area contributed by atoms with Crippen LogP contribution in [0.3, 0.4) is 0 Å². The lowest BCUT2D eigenvalue weighted by Crippen LogP contribution is -2.32. The standard InChI is InChI=1S/C13H16N2O/c16-12(15-11-3-1-2-8-14-11)13-6-4-10(9-13)5-7-13/h1-3,8,10H,4-7,9H2,(H,14,15,16). The number of fused-ring (bicyclic) bond motifs is 2. The number of aromatic nitrogens is 1. The van der Waals surface area contributed by atoms with E-state index in [0.29, 0.717) is 5.82 Å². The molecule has 2 fully saturated rings. The molecule has 0 aromatic carbocycles. The first kappa shape index (κ1) is 9.82. The van der Waals surface area contributed by atoms with Gasteiger partial charge in [-0.3, -0.25) is 4.79 Å². The molecule has 0 aliphatic heterocycles. The first-order valence-corrected chi connectivity index (χ1v) is 6.01. The number of hydrogen-bond acceptors (Lipinski definition) is 2. The molecule has 3 heteroatoms. The van der Waals surface area contributed by atoms with Crippen molar-refractivity contribution in [3.8, 4) is 0 Å². The fraction of sp³-hybridized carbons (Fsp3) is 0.538. The molecule has 2 aliphatic rings. The molecule has 1 heterocycles. The Labute approximate surface area is 95.3 Å². The second kappa shape index (κ2) is 3.58. The molecule has 0 saturated heterocycles. The fourth-order valence-corrected chi connectivity index (χ4v) is 3.20. The van der Waals surface area contributed by atoms with E-state index in [1.165, 1.54) is 12.8 Å². The lowest BCUT2D eigenvalue weighted by atomic mass is 9.83. The van der Waals surface area contributed by atoms with E-state index in [2.05, 4.69) is 10.3 Å². The summed E-state index contributed by atoms with van der Waals surface area (Å²) < 4.78 is 0. The topological polar surface area (TPSA) is 42.0 Å². The normalized spacial score (nSPS) is 31.6. The van der Waals surface area contributed by atoms with Crippen molar-refractivity contribution in [3.63, 3.8) is 0 Å². The summed E-state index contributed by atoms with van der Waals surface area (Å²) in [5.74, 6) is 1.66. The molecule has 1 amide bonds. The van der Waals surface area contributed by atoms with Crippen LogP contribution in [0.4, 0.5) is 5.82 Å². The van der Waals surface area contributed by atoms with Crippen LogP contribution in [0.5, 0.6) is 0 Å². The largest absolute Gasteiger partial charge is 0.310 e. The highest BCUT2D eigenvalue weighted by Crippen LogP contribution is 2.54. The van der Waals surface area contributed by atoms with E-state index in [1.807, 2.05) is 18.2 Å². The smallest absolute Gasteiger partial charge is 0.231 e. The second-order valence-electron chi connectivity index (χ2n) is 5.10. The van der Waals surface area contributed by atoms with Gasteiger partial charge in [-0.2, -0.15) is 0 Å². The second-order valence-corrected chi connectivity index (χ2v) is 5.10. The van der Waals surface area contributed by atoms with Gasteiger partial charge in [0.15, 0.2) is 0 Å². The SMILES string of the molecule is O=C(Nc1ccccn1)C12CCC(CC1)C2. The van der Waals surface area contributed by atoms with E-state index >= 15 is 0 Å². The zero-order chi connectivity index (χ0) is 11.0. The molecule has 1 aromatic heterocycles. The van der Waals surface area contributed by atoms with Crippen LogP contribution in [0.1, 0.15) is 32.1 Å². The molecule has 0 atom stereocenters. The number of nitrogens with zero attached hydrogens (tertiary/aromatic N) is 1. The van der Waals surface area contributed by atoms with Gasteiger partial charge in [0.05, 0.1) is 0 Å². The van der Waals surface area contributed by atoms with Crippen molar-refractivity contribution in [3.05, 3.63) is 24.4 Å². The summed E-state index contributed by atoms with van der Waals surface area (Å²) >= 11 is 0. The zero-order valence-electron chi connectivity index (χ0n) is 9.28. The van der Waals surface area contributed by atoms with E-state index < -0.39 is 0 Å². The third kappa shape index (κ3) is 1.51. The molecule has 84 valence electrons. The van der Waals surface area contributed by atoms with Crippen LogP contribution in [0, 0.1) is 11.3 Å². The summed E-state index contributed by atoms with van der Waals surface area (Å²) in [5.41, 5.74) is -0.0673. The Kier molecular flexibility index (Phi) is 2.20. The lowest BCUT2D eigenvalue weighted by Gasteiger charge is -2.24. The van der Waals surface area contributed by atoms with Gasteiger partial charge in [-0.05, 0) is 50.2 Å². The molecule has 0 unspecified atom stereocenters. The van der Waals surface area contributed by atoms with Crippen LogP contribution in [-0.2, 0) is 4.79 Å². The summed E-state index contributed by atoms with van der Waals surface area (Å²) in [6.07, 6.45) is 7.39. The number of pyridine rings is 1. The van der Waals surface area contributed by atoms with E-state index in [4.69, 9.17) is 0 Å². The minimum atomic E-state index is -0.0673. The summed E-state index contributed by atoms with van der Waals surface area (Å²) in [7, 11) is 0. The van der Waals surface area contributed by atoms with Crippen molar-refractivity contribution in [1.82, 2.24) is 4.98 Å². The van der Waals surface area contributed by atoms with E-state index in [1.54, 1.807) is 6.20 Å². The molecule has 1 aromatic rings. The van der Waals surface area contributed by atoms with Gasteiger partial charge < -0.3 is 5.32 Å². The van der Waals surface area contributed by atoms with Crippen molar-refractivity contribution < 1.29 is 4.79 Å². The Balaban J connectivity index is 1.74. The molecule has 2 bridgehead atoms. The Hall–Kier alpha value is -1.38. The highest BCUT2D eigenvalue weighted by molar-refractivity contribution is 5.95. The van der Waals surface area contributed by atoms with E-state index in [0.717, 1.165) is 25.2 Å². The van der Waals surface area contributed by atoms with Crippen LogP contribution >= 0.6 is 0 Å². The van der Waals surface area contributed by atoms with Crippen LogP contribution in [0.2, 0.25) is 0 Å². The van der Waals surface area contributed by atoms with Gasteiger partial charge in [0.1, 0.15) is 5.82 Å². The van der Waals surface area contributed by atoms with Gasteiger partial charge >= 0.3 is 0 Å². The van der Waals surface area contributed by atoms with Crippen molar-refractivity contribution in [1.29, 1.82) is 0 Å². The molecule has 3 nitrogen and oxygen atoms in total. The highest BCUT2D eigenvalue weighted by Gasteiger charge is 2.49. The molecule has 1 N–H and O–H groups in total. The Morgan fingerprint density at radius 2 is 2.19 bits per heavy atom. The number of rotatable bonds is 2. The molecule has 16 heavy (non-hydrogen) atoms. The van der Waals surface area contributed by atoms with Gasteiger partial charge in [-0.25, -0.2) is 4.98 Å². The Bertz CT molecular complexity index is 394. The number of nitrogens with one attached hydrogen (secondary N) is 1. The van der Waals surface area contributed by atoms with Crippen molar-refractivity contribution >= 4 is 11.7 Å². The monoisotopic (exact) mass is 216 g/mol. The predicted molar refractivity (Wildman–Crippen MR) is 61.9 cm³/mol. The Morgan fingerprint density at radius 3 is 2.75 bits per heavy atom. The van der Waals surface area contributed by atoms with Crippen LogP contribution in [0.25, 0.3) is 0 Å². The number of anilines is 1. The molecular weight excluding hydrogens is 200 g/mol. The average molecular weight is 216 g/mol. The molecule has 0 radical (unpaired) electrons. The lowest BCUT2D eigenvalue weighted by molar-refractivity contribution is -0.125. The Morgan fingerprint density at radius 1 is 1.38 bits per heavy atom. The minimum Gasteiger partial charge on any atom is -0.310 e. The summed E-state index contributed by atoms with van der Waals surface area (Å²) in [4.78, 5) is 16.4. The quantitative estimate of drug-likeness (QED) is 0.825. The average Bonchev–Trinajstić information content (AvgIpc) is 2.91. The third-order valence-electron chi connectivity index (χ3n) is 4.13. The maximum absolute atomic E-state index is 12.2. The molecule has 2 saturated carbocycles. The number of carbonyl (C=O) groups excluding carboxylic acids is 1. The maximum atomic E-state index is 12.2. The first-order chi connectivity index (χ1) is 7.78.